The number of para-hydroxylation sites is 1. The monoisotopic (exact) mass is 552 g/mol. The van der Waals surface area contributed by atoms with Gasteiger partial charge in [-0.1, -0.05) is 42.5 Å². The maximum Gasteiger partial charge on any atom is 0.407 e. The third-order valence-corrected chi connectivity index (χ3v) is 6.30. The van der Waals surface area contributed by atoms with Gasteiger partial charge in [-0.2, -0.15) is 0 Å². The molecule has 11 nitrogen and oxygen atoms in total. The van der Waals surface area contributed by atoms with Gasteiger partial charge in [0.05, 0.1) is 10.9 Å². The van der Waals surface area contributed by atoms with Gasteiger partial charge in [-0.25, -0.2) is 19.0 Å². The molecular formula is C29H36N4O7. The molecule has 40 heavy (non-hydrogen) atoms. The lowest BCUT2D eigenvalue weighted by molar-refractivity contribution is -0.142. The molecule has 2 unspecified atom stereocenters. The van der Waals surface area contributed by atoms with Gasteiger partial charge in [0.1, 0.15) is 17.7 Å². The summed E-state index contributed by atoms with van der Waals surface area (Å²) in [5.74, 6) is -2.00. The van der Waals surface area contributed by atoms with Gasteiger partial charge in [0, 0.05) is 20.0 Å². The van der Waals surface area contributed by atoms with Crippen LogP contribution >= 0.6 is 0 Å². The maximum atomic E-state index is 13.6. The molecular weight excluding hydrogens is 516 g/mol. The Morgan fingerprint density at radius 1 is 0.975 bits per heavy atom. The molecule has 1 heterocycles. The van der Waals surface area contributed by atoms with Crippen LogP contribution in [0.2, 0.25) is 0 Å². The van der Waals surface area contributed by atoms with E-state index in [0.717, 1.165) is 4.57 Å². The number of alkyl carbamates (subject to hydrolysis) is 1. The highest BCUT2D eigenvalue weighted by Crippen LogP contribution is 2.15. The van der Waals surface area contributed by atoms with Gasteiger partial charge in [0.15, 0.2) is 0 Å². The van der Waals surface area contributed by atoms with Crippen molar-refractivity contribution in [3.05, 3.63) is 81.0 Å². The molecule has 3 aromatic rings. The molecule has 1 aromatic heterocycles. The van der Waals surface area contributed by atoms with Crippen LogP contribution in [-0.2, 0) is 27.8 Å². The fourth-order valence-electron chi connectivity index (χ4n) is 4.35. The van der Waals surface area contributed by atoms with Crippen molar-refractivity contribution in [3.63, 3.8) is 0 Å². The summed E-state index contributed by atoms with van der Waals surface area (Å²) in [5, 5.41) is 15.2. The highest BCUT2D eigenvalue weighted by molar-refractivity contribution is 5.86. The lowest BCUT2D eigenvalue weighted by Crippen LogP contribution is -2.50. The number of aryl methyl sites for hydroxylation is 1. The summed E-state index contributed by atoms with van der Waals surface area (Å²) >= 11 is 0. The number of rotatable bonds is 11. The van der Waals surface area contributed by atoms with Crippen molar-refractivity contribution in [2.75, 3.05) is 6.54 Å². The second-order valence-electron chi connectivity index (χ2n) is 10.6. The van der Waals surface area contributed by atoms with Crippen LogP contribution in [0.4, 0.5) is 4.79 Å². The Balaban J connectivity index is 1.81. The van der Waals surface area contributed by atoms with Gasteiger partial charge < -0.3 is 20.5 Å². The van der Waals surface area contributed by atoms with E-state index in [1.165, 1.54) is 11.6 Å². The van der Waals surface area contributed by atoms with Crippen molar-refractivity contribution >= 4 is 28.9 Å². The number of nitrogens with zero attached hydrogens (tertiary/aromatic N) is 2. The number of aliphatic carboxylic acids is 1. The number of amides is 2. The predicted molar refractivity (Wildman–Crippen MR) is 150 cm³/mol. The molecule has 2 amide bonds. The number of carboxylic acids is 1. The fraction of sp³-hybridized carbons (Fsp3) is 0.414. The third kappa shape index (κ3) is 7.81. The van der Waals surface area contributed by atoms with E-state index >= 15 is 0 Å². The van der Waals surface area contributed by atoms with E-state index < -0.39 is 46.9 Å². The molecule has 3 rings (SSSR count). The number of fused-ring (bicyclic) bond motifs is 1. The summed E-state index contributed by atoms with van der Waals surface area (Å²) in [6.45, 7) is 5.52. The molecule has 214 valence electrons. The number of unbranched alkanes of at least 4 members (excludes halogenated alkanes) is 1. The molecule has 0 saturated carbocycles. The molecule has 0 spiro atoms. The average Bonchev–Trinajstić information content (AvgIpc) is 2.89. The lowest BCUT2D eigenvalue weighted by Gasteiger charge is -2.23. The minimum atomic E-state index is -1.28. The van der Waals surface area contributed by atoms with Crippen molar-refractivity contribution in [1.82, 2.24) is 19.8 Å². The van der Waals surface area contributed by atoms with Crippen LogP contribution in [-0.4, -0.2) is 50.4 Å². The van der Waals surface area contributed by atoms with Crippen molar-refractivity contribution in [3.8, 4) is 0 Å². The number of nitrogens with one attached hydrogen (secondary N) is 2. The Kier molecular flexibility index (Phi) is 9.87. The Bertz CT molecular complexity index is 1470. The van der Waals surface area contributed by atoms with Gasteiger partial charge in [0.2, 0.25) is 5.91 Å². The Morgan fingerprint density at radius 3 is 2.27 bits per heavy atom. The predicted octanol–water partition coefficient (Wildman–Crippen LogP) is 2.75. The zero-order valence-electron chi connectivity index (χ0n) is 23.2. The highest BCUT2D eigenvalue weighted by atomic mass is 16.6. The number of benzene rings is 2. The standard InChI is InChI=1S/C29H36N4O7/c1-29(2,3)40-27(38)30-17-11-10-15-21(26(36)37)31-24(34)23(18-19-12-6-5-7-13-19)33-25(35)20-14-8-9-16-22(20)32(4)28(33)39/h5-9,12-14,16,21,23H,10-11,15,17-18H2,1-4H3,(H,30,38)(H,31,34)(H,36,37). The zero-order valence-corrected chi connectivity index (χ0v) is 23.2. The second kappa shape index (κ2) is 13.1. The number of carbonyl (C=O) groups is 3. The third-order valence-electron chi connectivity index (χ3n) is 6.30. The van der Waals surface area contributed by atoms with Crippen LogP contribution in [0.25, 0.3) is 10.9 Å². The number of aromatic nitrogens is 2. The number of hydrogen-bond acceptors (Lipinski definition) is 6. The van der Waals surface area contributed by atoms with Crippen molar-refractivity contribution in [2.45, 2.75) is 64.1 Å². The summed E-state index contributed by atoms with van der Waals surface area (Å²) in [6, 6.07) is 13.0. The van der Waals surface area contributed by atoms with Gasteiger partial charge in [-0.3, -0.25) is 14.2 Å². The van der Waals surface area contributed by atoms with Gasteiger partial charge in [-0.05, 0) is 57.7 Å². The first-order chi connectivity index (χ1) is 18.9. The zero-order chi connectivity index (χ0) is 29.4. The molecule has 0 bridgehead atoms. The Morgan fingerprint density at radius 2 is 1.62 bits per heavy atom. The number of carbonyl (C=O) groups excluding carboxylic acids is 2. The Hall–Kier alpha value is -4.41. The van der Waals surface area contributed by atoms with E-state index in [-0.39, 0.29) is 24.8 Å². The molecule has 0 radical (unpaired) electrons. The SMILES string of the molecule is Cn1c(=O)n(C(Cc2ccccc2)C(=O)NC(CCCCNC(=O)OC(C)(C)C)C(=O)O)c(=O)c2ccccc21. The number of hydrogen-bond donors (Lipinski definition) is 3. The molecule has 0 fully saturated rings. The van der Waals surface area contributed by atoms with Gasteiger partial charge >= 0.3 is 17.8 Å². The number of carboxylic acid groups (broad SMARTS) is 1. The summed E-state index contributed by atoms with van der Waals surface area (Å²) in [6.07, 6.45) is 0.360. The largest absolute Gasteiger partial charge is 0.480 e. The molecule has 0 aliphatic carbocycles. The van der Waals surface area contributed by atoms with E-state index in [1.54, 1.807) is 75.4 Å². The highest BCUT2D eigenvalue weighted by Gasteiger charge is 2.30. The van der Waals surface area contributed by atoms with E-state index in [2.05, 4.69) is 10.6 Å². The average molecular weight is 553 g/mol. The molecule has 2 aromatic carbocycles. The van der Waals surface area contributed by atoms with Crippen LogP contribution in [0.5, 0.6) is 0 Å². The fourth-order valence-corrected chi connectivity index (χ4v) is 4.35. The molecule has 0 aliphatic rings. The van der Waals surface area contributed by atoms with Crippen LogP contribution < -0.4 is 21.9 Å². The molecule has 11 heteroatoms. The molecule has 0 saturated heterocycles. The van der Waals surface area contributed by atoms with Crippen LogP contribution in [0.3, 0.4) is 0 Å². The van der Waals surface area contributed by atoms with Crippen molar-refractivity contribution < 1.29 is 24.2 Å². The maximum absolute atomic E-state index is 13.6. The van der Waals surface area contributed by atoms with E-state index in [1.807, 2.05) is 0 Å². The molecule has 0 aliphatic heterocycles. The first-order valence-electron chi connectivity index (χ1n) is 13.1. The summed E-state index contributed by atoms with van der Waals surface area (Å²) in [7, 11) is 1.52. The topological polar surface area (TPSA) is 149 Å². The smallest absolute Gasteiger partial charge is 0.407 e. The van der Waals surface area contributed by atoms with E-state index in [9.17, 15) is 29.1 Å². The molecule has 2 atom stereocenters. The quantitative estimate of drug-likeness (QED) is 0.310. The normalized spacial score (nSPS) is 12.9. The van der Waals surface area contributed by atoms with Gasteiger partial charge in [0.25, 0.3) is 5.56 Å². The molecule has 3 N–H and O–H groups in total. The summed E-state index contributed by atoms with van der Waals surface area (Å²) in [5.41, 5.74) is -0.816. The minimum absolute atomic E-state index is 0.00626. The lowest BCUT2D eigenvalue weighted by atomic mass is 10.0. The van der Waals surface area contributed by atoms with Gasteiger partial charge in [-0.15, -0.1) is 0 Å². The summed E-state index contributed by atoms with van der Waals surface area (Å²) < 4.78 is 7.37. The van der Waals surface area contributed by atoms with E-state index in [0.29, 0.717) is 23.9 Å². The summed E-state index contributed by atoms with van der Waals surface area (Å²) in [4.78, 5) is 64.1. The number of ether oxygens (including phenoxy) is 1. The Labute approximate surface area is 231 Å². The van der Waals surface area contributed by atoms with E-state index in [4.69, 9.17) is 4.74 Å². The van der Waals surface area contributed by atoms with Crippen LogP contribution in [0.15, 0.2) is 64.2 Å². The second-order valence-corrected chi connectivity index (χ2v) is 10.6. The first-order valence-corrected chi connectivity index (χ1v) is 13.1. The minimum Gasteiger partial charge on any atom is -0.480 e. The van der Waals surface area contributed by atoms with Crippen molar-refractivity contribution in [1.29, 1.82) is 0 Å². The van der Waals surface area contributed by atoms with Crippen molar-refractivity contribution in [2.24, 2.45) is 7.05 Å². The van der Waals surface area contributed by atoms with Crippen LogP contribution in [0.1, 0.15) is 51.6 Å². The first kappa shape index (κ1) is 30.1. The van der Waals surface area contributed by atoms with Crippen LogP contribution in [0, 0.1) is 0 Å².